The molecule has 2 saturated heterocycles. The van der Waals surface area contributed by atoms with Crippen LogP contribution in [0.15, 0.2) is 18.2 Å². The number of phenols is 1. The predicted molar refractivity (Wildman–Crippen MR) is 144 cm³/mol. The molecule has 0 saturated carbocycles. The van der Waals surface area contributed by atoms with E-state index >= 15 is 0 Å². The Morgan fingerprint density at radius 2 is 1.87 bits per heavy atom. The van der Waals surface area contributed by atoms with Crippen molar-refractivity contribution >= 4 is 29.4 Å². The van der Waals surface area contributed by atoms with E-state index in [4.69, 9.17) is 26.1 Å². The largest absolute Gasteiger partial charge is 0.507 e. The monoisotopic (exact) mass is 561 g/mol. The highest BCUT2D eigenvalue weighted by Gasteiger charge is 2.42. The number of pyridine rings is 1. The minimum atomic E-state index is -0.695. The maximum Gasteiger partial charge on any atom is 0.410 e. The van der Waals surface area contributed by atoms with Gasteiger partial charge in [0.05, 0.1) is 11.6 Å². The molecule has 0 aliphatic carbocycles. The number of hydrogen-bond donors (Lipinski definition) is 1. The average Bonchev–Trinajstić information content (AvgIpc) is 3.01. The van der Waals surface area contributed by atoms with Crippen LogP contribution in [0.3, 0.4) is 0 Å². The molecule has 0 unspecified atom stereocenters. The van der Waals surface area contributed by atoms with Crippen LogP contribution in [0.1, 0.15) is 31.1 Å². The highest BCUT2D eigenvalue weighted by Crippen LogP contribution is 2.46. The van der Waals surface area contributed by atoms with E-state index < -0.39 is 23.6 Å². The van der Waals surface area contributed by atoms with Crippen LogP contribution in [0.4, 0.5) is 15.0 Å². The van der Waals surface area contributed by atoms with Gasteiger partial charge in [0, 0.05) is 45.8 Å². The zero-order valence-electron chi connectivity index (χ0n) is 22.5. The minimum absolute atomic E-state index is 0.00278. The number of fused-ring (bicyclic) bond motifs is 2. The molecule has 210 valence electrons. The smallest absolute Gasteiger partial charge is 0.410 e. The van der Waals surface area contributed by atoms with Gasteiger partial charge in [0.1, 0.15) is 45.9 Å². The number of nitrogens with zero attached hydrogens (tertiary/aromatic N) is 5. The van der Waals surface area contributed by atoms with Gasteiger partial charge >= 0.3 is 6.09 Å². The zero-order valence-corrected chi connectivity index (χ0v) is 23.3. The van der Waals surface area contributed by atoms with E-state index in [9.17, 15) is 19.1 Å². The van der Waals surface area contributed by atoms with Crippen LogP contribution in [-0.2, 0) is 4.74 Å². The van der Waals surface area contributed by atoms with Gasteiger partial charge in [-0.1, -0.05) is 17.7 Å². The van der Waals surface area contributed by atoms with E-state index in [0.717, 1.165) is 13.1 Å². The Morgan fingerprint density at radius 3 is 2.54 bits per heavy atom. The summed E-state index contributed by atoms with van der Waals surface area (Å²) in [6.45, 7) is 8.93. The van der Waals surface area contributed by atoms with Crippen molar-refractivity contribution in [2.45, 2.75) is 32.4 Å². The lowest BCUT2D eigenvalue weighted by Crippen LogP contribution is -2.58. The second-order valence-electron chi connectivity index (χ2n) is 11.1. The third kappa shape index (κ3) is 5.29. The number of benzene rings is 1. The lowest BCUT2D eigenvalue weighted by molar-refractivity contribution is 0.000954. The summed E-state index contributed by atoms with van der Waals surface area (Å²) in [4.78, 5) is 38.9. The van der Waals surface area contributed by atoms with Crippen LogP contribution in [0.2, 0.25) is 5.02 Å². The van der Waals surface area contributed by atoms with Crippen LogP contribution in [0, 0.1) is 5.82 Å². The van der Waals surface area contributed by atoms with Crippen molar-refractivity contribution in [1.29, 1.82) is 0 Å². The quantitative estimate of drug-likeness (QED) is 0.595. The fraction of sp³-hybridized carbons (Fsp3) is 0.519. The summed E-state index contributed by atoms with van der Waals surface area (Å²) in [5.41, 5.74) is -0.596. The van der Waals surface area contributed by atoms with E-state index in [-0.39, 0.29) is 58.9 Å². The molecule has 1 N–H and O–H groups in total. The highest BCUT2D eigenvalue weighted by atomic mass is 35.5. The Hall–Kier alpha value is -3.31. The third-order valence-electron chi connectivity index (χ3n) is 7.14. The second kappa shape index (κ2) is 10.3. The van der Waals surface area contributed by atoms with Crippen LogP contribution in [0.5, 0.6) is 11.5 Å². The van der Waals surface area contributed by atoms with E-state index in [0.29, 0.717) is 25.5 Å². The van der Waals surface area contributed by atoms with Crippen molar-refractivity contribution in [3.8, 4) is 22.8 Å². The van der Waals surface area contributed by atoms with Gasteiger partial charge in [-0.2, -0.15) is 0 Å². The van der Waals surface area contributed by atoms with Gasteiger partial charge in [-0.25, -0.2) is 14.2 Å². The molecule has 10 nitrogen and oxygen atoms in total. The first-order valence-electron chi connectivity index (χ1n) is 13.0. The molecule has 1 aromatic heterocycles. The maximum atomic E-state index is 15.0. The molecule has 2 fully saturated rings. The van der Waals surface area contributed by atoms with Crippen molar-refractivity contribution in [3.05, 3.63) is 34.6 Å². The first-order valence-corrected chi connectivity index (χ1v) is 13.4. The number of hydrogen-bond acceptors (Lipinski definition) is 8. The van der Waals surface area contributed by atoms with Gasteiger partial charge in [-0.05, 0) is 40.0 Å². The van der Waals surface area contributed by atoms with Gasteiger partial charge in [-0.3, -0.25) is 4.79 Å². The number of ether oxygens (including phenoxy) is 2. The molecule has 2 amide bonds. The molecular weight excluding hydrogens is 529 g/mol. The summed E-state index contributed by atoms with van der Waals surface area (Å²) in [6, 6.07) is 3.51. The van der Waals surface area contributed by atoms with Gasteiger partial charge in [0.2, 0.25) is 0 Å². The molecule has 1 aromatic carbocycles. The first-order chi connectivity index (χ1) is 18.4. The van der Waals surface area contributed by atoms with E-state index in [1.165, 1.54) is 18.2 Å². The van der Waals surface area contributed by atoms with Gasteiger partial charge in [0.15, 0.2) is 5.75 Å². The van der Waals surface area contributed by atoms with E-state index in [1.54, 1.807) is 30.6 Å². The molecule has 0 radical (unpaired) electrons. The molecule has 39 heavy (non-hydrogen) atoms. The van der Waals surface area contributed by atoms with E-state index in [1.807, 2.05) is 11.9 Å². The number of anilines is 1. The Kier molecular flexibility index (Phi) is 7.23. The number of amides is 2. The van der Waals surface area contributed by atoms with Gasteiger partial charge in [0.25, 0.3) is 5.91 Å². The van der Waals surface area contributed by atoms with Crippen molar-refractivity contribution < 1.29 is 28.6 Å². The van der Waals surface area contributed by atoms with Crippen molar-refractivity contribution in [3.63, 3.8) is 0 Å². The summed E-state index contributed by atoms with van der Waals surface area (Å²) >= 11 is 6.78. The summed E-state index contributed by atoms with van der Waals surface area (Å²) in [7, 11) is 2.01. The van der Waals surface area contributed by atoms with Crippen LogP contribution < -0.4 is 9.64 Å². The minimum Gasteiger partial charge on any atom is -0.507 e. The number of halogens is 2. The number of likely N-dealkylation sites (N-methyl/N-ethyl adjacent to an activating group) is 1. The molecule has 3 aliphatic heterocycles. The lowest BCUT2D eigenvalue weighted by atomic mass is 10.0. The number of carbonyl (C=O) groups excluding carboxylic acids is 2. The van der Waals surface area contributed by atoms with Crippen molar-refractivity contribution in [1.82, 2.24) is 19.7 Å². The Bertz CT molecular complexity index is 1270. The normalized spacial score (nSPS) is 20.2. The van der Waals surface area contributed by atoms with Crippen LogP contribution in [0.25, 0.3) is 11.3 Å². The van der Waals surface area contributed by atoms with E-state index in [2.05, 4.69) is 4.90 Å². The molecule has 1 atom stereocenters. The Balaban J connectivity index is 1.57. The molecule has 3 aliphatic rings. The SMILES string of the molecule is CN1CCN(c2nc(-c3c(O)cccc3F)c(Cl)c3c2C(=O)N2CCN(C(=O)OC(C)(C)C)C[C@@H]2CO3)CC1. The first kappa shape index (κ1) is 27.3. The fourth-order valence-electron chi connectivity index (χ4n) is 5.10. The number of piperazine rings is 2. The number of aromatic hydroxyl groups is 1. The fourth-order valence-corrected chi connectivity index (χ4v) is 5.38. The van der Waals surface area contributed by atoms with Gasteiger partial charge in [-0.15, -0.1) is 0 Å². The number of carbonyl (C=O) groups is 2. The lowest BCUT2D eigenvalue weighted by Gasteiger charge is -2.40. The predicted octanol–water partition coefficient (Wildman–Crippen LogP) is 3.45. The average molecular weight is 562 g/mol. The zero-order chi connectivity index (χ0) is 28.1. The molecule has 12 heteroatoms. The highest BCUT2D eigenvalue weighted by molar-refractivity contribution is 6.35. The number of aromatic nitrogens is 1. The Morgan fingerprint density at radius 1 is 1.15 bits per heavy atom. The summed E-state index contributed by atoms with van der Waals surface area (Å²) in [5, 5.41) is 10.5. The molecule has 0 spiro atoms. The van der Waals surface area contributed by atoms with Crippen LogP contribution >= 0.6 is 11.6 Å². The van der Waals surface area contributed by atoms with Gasteiger partial charge < -0.3 is 34.2 Å². The van der Waals surface area contributed by atoms with Crippen molar-refractivity contribution in [2.24, 2.45) is 0 Å². The molecule has 2 aromatic rings. The molecular formula is C27H33ClFN5O5. The van der Waals surface area contributed by atoms with Crippen LogP contribution in [-0.4, -0.2) is 108 Å². The topological polar surface area (TPSA) is 98.7 Å². The summed E-state index contributed by atoms with van der Waals surface area (Å²) < 4.78 is 26.7. The number of phenolic OH excluding ortho intramolecular Hbond substituents is 1. The summed E-state index contributed by atoms with van der Waals surface area (Å²) in [5.74, 6) is -0.899. The Labute approximate surface area is 231 Å². The maximum absolute atomic E-state index is 15.0. The number of rotatable bonds is 2. The standard InChI is InChI=1S/C27H33ClFN5O5/c1-27(2,3)39-26(37)33-12-13-34-16(14-33)15-38-23-20(25(34)36)24(32-10-8-31(4)9-11-32)30-22(21(23)28)19-17(29)6-5-7-18(19)35/h5-7,16,35H,8-15H2,1-4H3/t16-/m1/s1. The van der Waals surface area contributed by atoms with Crippen molar-refractivity contribution in [2.75, 3.05) is 64.4 Å². The second-order valence-corrected chi connectivity index (χ2v) is 11.5. The molecule has 5 rings (SSSR count). The molecule has 0 bridgehead atoms. The summed E-state index contributed by atoms with van der Waals surface area (Å²) in [6.07, 6.45) is -0.452. The third-order valence-corrected chi connectivity index (χ3v) is 7.49. The molecule has 4 heterocycles.